The van der Waals surface area contributed by atoms with Gasteiger partial charge in [0, 0.05) is 0 Å². The summed E-state index contributed by atoms with van der Waals surface area (Å²) >= 11 is 0. The van der Waals surface area contributed by atoms with Crippen molar-refractivity contribution in [1.82, 2.24) is 5.32 Å². The van der Waals surface area contributed by atoms with Crippen molar-refractivity contribution in [3.05, 3.63) is 29.1 Å². The molecule has 0 saturated heterocycles. The van der Waals surface area contributed by atoms with Crippen LogP contribution in [0.5, 0.6) is 5.75 Å². The zero-order chi connectivity index (χ0) is 10.7. The summed E-state index contributed by atoms with van der Waals surface area (Å²) < 4.78 is 13.4. The number of carbonyl (C=O) groups is 1. The van der Waals surface area contributed by atoms with Gasteiger partial charge in [0.25, 0.3) is 0 Å². The summed E-state index contributed by atoms with van der Waals surface area (Å²) in [6.07, 6.45) is 0. The monoisotopic (exact) mass is 197 g/mol. The second-order valence-electron chi connectivity index (χ2n) is 3.08. The highest BCUT2D eigenvalue weighted by Crippen LogP contribution is 2.19. The molecule has 0 amide bonds. The van der Waals surface area contributed by atoms with Gasteiger partial charge in [0.05, 0.1) is 12.1 Å². The molecule has 3 nitrogen and oxygen atoms in total. The quantitative estimate of drug-likeness (QED) is 0.717. The predicted molar refractivity (Wildman–Crippen MR) is 51.1 cm³/mol. The average Bonchev–Trinajstić information content (AvgIpc) is 2.11. The van der Waals surface area contributed by atoms with Gasteiger partial charge in [0.1, 0.15) is 11.6 Å². The summed E-state index contributed by atoms with van der Waals surface area (Å²) in [5, 5.41) is 11.8. The number of aromatic hydroxyl groups is 1. The fourth-order valence-electron chi connectivity index (χ4n) is 1.21. The molecule has 0 unspecified atom stereocenters. The zero-order valence-electron chi connectivity index (χ0n) is 8.10. The lowest BCUT2D eigenvalue weighted by Gasteiger charge is -2.05. The SMILES string of the molecule is CNCC(=O)c1cc(O)cc(C)c1F. The van der Waals surface area contributed by atoms with Crippen LogP contribution in [0.4, 0.5) is 4.39 Å². The van der Waals surface area contributed by atoms with E-state index in [9.17, 15) is 14.3 Å². The summed E-state index contributed by atoms with van der Waals surface area (Å²) in [4.78, 5) is 11.4. The van der Waals surface area contributed by atoms with Crippen molar-refractivity contribution in [2.24, 2.45) is 0 Å². The highest BCUT2D eigenvalue weighted by Gasteiger charge is 2.14. The van der Waals surface area contributed by atoms with Crippen LogP contribution in [0.2, 0.25) is 0 Å². The van der Waals surface area contributed by atoms with Gasteiger partial charge in [-0.25, -0.2) is 4.39 Å². The molecule has 1 aromatic rings. The molecule has 2 N–H and O–H groups in total. The molecule has 0 bridgehead atoms. The Balaban J connectivity index is 3.13. The van der Waals surface area contributed by atoms with E-state index in [-0.39, 0.29) is 29.2 Å². The molecule has 0 aliphatic heterocycles. The van der Waals surface area contributed by atoms with Crippen LogP contribution in [0.3, 0.4) is 0 Å². The first-order chi connectivity index (χ1) is 6.56. The van der Waals surface area contributed by atoms with E-state index in [1.807, 2.05) is 0 Å². The predicted octanol–water partition coefficient (Wildman–Crippen LogP) is 1.24. The number of aryl methyl sites for hydroxylation is 1. The number of rotatable bonds is 3. The molecule has 0 spiro atoms. The Bertz CT molecular complexity index is 363. The van der Waals surface area contributed by atoms with Gasteiger partial charge < -0.3 is 10.4 Å². The van der Waals surface area contributed by atoms with Crippen LogP contribution in [0, 0.1) is 12.7 Å². The van der Waals surface area contributed by atoms with Gasteiger partial charge >= 0.3 is 0 Å². The fourth-order valence-corrected chi connectivity index (χ4v) is 1.21. The van der Waals surface area contributed by atoms with E-state index in [0.717, 1.165) is 6.07 Å². The number of phenolic OH excluding ortho intramolecular Hbond substituents is 1. The molecule has 0 atom stereocenters. The fraction of sp³-hybridized carbons (Fsp3) is 0.300. The molecule has 0 radical (unpaired) electrons. The lowest BCUT2D eigenvalue weighted by molar-refractivity contribution is 0.0989. The number of Topliss-reactive ketones (excluding diaryl/α,β-unsaturated/α-hetero) is 1. The molecule has 1 aromatic carbocycles. The molecule has 0 saturated carbocycles. The van der Waals surface area contributed by atoms with Gasteiger partial charge in [0.2, 0.25) is 0 Å². The van der Waals surface area contributed by atoms with Crippen molar-refractivity contribution in [2.75, 3.05) is 13.6 Å². The van der Waals surface area contributed by atoms with Crippen LogP contribution < -0.4 is 5.32 Å². The Kier molecular flexibility index (Phi) is 3.19. The average molecular weight is 197 g/mol. The van der Waals surface area contributed by atoms with E-state index in [0.29, 0.717) is 0 Å². The molecule has 0 aromatic heterocycles. The number of nitrogens with one attached hydrogen (secondary N) is 1. The topological polar surface area (TPSA) is 49.3 Å². The maximum atomic E-state index is 13.4. The minimum absolute atomic E-state index is 0.0554. The summed E-state index contributed by atoms with van der Waals surface area (Å²) in [6, 6.07) is 2.42. The number of phenols is 1. The largest absolute Gasteiger partial charge is 0.508 e. The second kappa shape index (κ2) is 4.19. The van der Waals surface area contributed by atoms with Crippen LogP contribution in [0.25, 0.3) is 0 Å². The van der Waals surface area contributed by atoms with Crippen molar-refractivity contribution >= 4 is 5.78 Å². The number of hydrogen-bond acceptors (Lipinski definition) is 3. The molecule has 76 valence electrons. The maximum Gasteiger partial charge on any atom is 0.179 e. The van der Waals surface area contributed by atoms with E-state index >= 15 is 0 Å². The molecule has 1 rings (SSSR count). The van der Waals surface area contributed by atoms with Gasteiger partial charge in [0.15, 0.2) is 5.78 Å². The first-order valence-corrected chi connectivity index (χ1v) is 4.23. The van der Waals surface area contributed by atoms with Gasteiger partial charge in [-0.2, -0.15) is 0 Å². The number of halogens is 1. The molecule has 4 heteroatoms. The molecular weight excluding hydrogens is 185 g/mol. The van der Waals surface area contributed by atoms with E-state index in [2.05, 4.69) is 5.32 Å². The molecule has 0 fully saturated rings. The summed E-state index contributed by atoms with van der Waals surface area (Å²) in [7, 11) is 1.60. The van der Waals surface area contributed by atoms with Crippen molar-refractivity contribution in [3.8, 4) is 5.75 Å². The third kappa shape index (κ3) is 2.09. The molecule has 0 aliphatic carbocycles. The van der Waals surface area contributed by atoms with Crippen LogP contribution >= 0.6 is 0 Å². The highest BCUT2D eigenvalue weighted by atomic mass is 19.1. The Labute approximate surface area is 81.6 Å². The first kappa shape index (κ1) is 10.7. The van der Waals surface area contributed by atoms with Crippen LogP contribution in [0.15, 0.2) is 12.1 Å². The summed E-state index contributed by atoms with van der Waals surface area (Å²) in [5.41, 5.74) is 0.196. The number of carbonyl (C=O) groups excluding carboxylic acids is 1. The van der Waals surface area contributed by atoms with Crippen LogP contribution in [-0.2, 0) is 0 Å². The van der Waals surface area contributed by atoms with Crippen LogP contribution in [-0.4, -0.2) is 24.5 Å². The van der Waals surface area contributed by atoms with E-state index < -0.39 is 5.82 Å². The lowest BCUT2D eigenvalue weighted by Crippen LogP contribution is -2.19. The first-order valence-electron chi connectivity index (χ1n) is 4.23. The Morgan fingerprint density at radius 1 is 1.57 bits per heavy atom. The van der Waals surface area contributed by atoms with Crippen molar-refractivity contribution < 1.29 is 14.3 Å². The smallest absolute Gasteiger partial charge is 0.179 e. The normalized spacial score (nSPS) is 10.2. The van der Waals surface area contributed by atoms with E-state index in [4.69, 9.17) is 0 Å². The Morgan fingerprint density at radius 2 is 2.21 bits per heavy atom. The Hall–Kier alpha value is -1.42. The van der Waals surface area contributed by atoms with Crippen molar-refractivity contribution in [2.45, 2.75) is 6.92 Å². The third-order valence-electron chi connectivity index (χ3n) is 1.88. The van der Waals surface area contributed by atoms with Gasteiger partial charge in [-0.05, 0) is 31.7 Å². The minimum atomic E-state index is -0.567. The van der Waals surface area contributed by atoms with Crippen LogP contribution in [0.1, 0.15) is 15.9 Å². The molecular formula is C10H12FNO2. The second-order valence-corrected chi connectivity index (χ2v) is 3.08. The number of benzene rings is 1. The van der Waals surface area contributed by atoms with Gasteiger partial charge in [-0.1, -0.05) is 0 Å². The van der Waals surface area contributed by atoms with Crippen molar-refractivity contribution in [3.63, 3.8) is 0 Å². The highest BCUT2D eigenvalue weighted by molar-refractivity contribution is 5.98. The zero-order valence-corrected chi connectivity index (χ0v) is 8.10. The van der Waals surface area contributed by atoms with Crippen molar-refractivity contribution in [1.29, 1.82) is 0 Å². The summed E-state index contributed by atoms with van der Waals surface area (Å²) in [6.45, 7) is 1.56. The van der Waals surface area contributed by atoms with E-state index in [1.165, 1.54) is 13.0 Å². The van der Waals surface area contributed by atoms with Gasteiger partial charge in [-0.15, -0.1) is 0 Å². The van der Waals surface area contributed by atoms with Gasteiger partial charge in [-0.3, -0.25) is 4.79 Å². The molecule has 0 heterocycles. The number of hydrogen-bond donors (Lipinski definition) is 2. The minimum Gasteiger partial charge on any atom is -0.508 e. The molecule has 14 heavy (non-hydrogen) atoms. The number of ketones is 1. The Morgan fingerprint density at radius 3 is 2.79 bits per heavy atom. The third-order valence-corrected chi connectivity index (χ3v) is 1.88. The number of likely N-dealkylation sites (N-methyl/N-ethyl adjacent to an activating group) is 1. The lowest BCUT2D eigenvalue weighted by atomic mass is 10.1. The maximum absolute atomic E-state index is 13.4. The standard InChI is InChI=1S/C10H12FNO2/c1-6-3-7(13)4-8(10(6)11)9(14)5-12-2/h3-4,12-13H,5H2,1-2H3. The van der Waals surface area contributed by atoms with E-state index in [1.54, 1.807) is 7.05 Å². The molecule has 0 aliphatic rings. The summed E-state index contributed by atoms with van der Waals surface area (Å²) in [5.74, 6) is -1.03.